The number of alkyl halides is 3. The maximum atomic E-state index is 12.6. The van der Waals surface area contributed by atoms with E-state index in [4.69, 9.17) is 14.2 Å². The van der Waals surface area contributed by atoms with E-state index in [0.29, 0.717) is 31.0 Å². The Bertz CT molecular complexity index is 864. The van der Waals surface area contributed by atoms with Gasteiger partial charge in [0.25, 0.3) is 0 Å². The molecular weight excluding hydrogens is 411 g/mol. The van der Waals surface area contributed by atoms with Crippen LogP contribution in [0.2, 0.25) is 0 Å². The van der Waals surface area contributed by atoms with Crippen molar-refractivity contribution in [1.29, 1.82) is 0 Å². The first kappa shape index (κ1) is 24.5. The minimum Gasteiger partial charge on any atom is -0.493 e. The summed E-state index contributed by atoms with van der Waals surface area (Å²) in [6.07, 6.45) is -3.65. The van der Waals surface area contributed by atoms with E-state index >= 15 is 0 Å². The van der Waals surface area contributed by atoms with Gasteiger partial charge in [-0.15, -0.1) is 0 Å². The van der Waals surface area contributed by atoms with Gasteiger partial charge in [0.15, 0.2) is 17.1 Å². The fraction of sp³-hybridized carbons (Fsp3) is 0.435. The molecule has 2 aromatic rings. The second kappa shape index (κ2) is 10.5. The Labute approximate surface area is 180 Å². The van der Waals surface area contributed by atoms with Crippen molar-refractivity contribution in [2.75, 3.05) is 20.3 Å². The molecule has 2 rings (SSSR count). The second-order valence-electron chi connectivity index (χ2n) is 7.44. The van der Waals surface area contributed by atoms with E-state index in [-0.39, 0.29) is 6.61 Å². The Hall–Kier alpha value is -2.74. The number of methoxy groups -OCH3 is 1. The summed E-state index contributed by atoms with van der Waals surface area (Å²) >= 11 is 0. The van der Waals surface area contributed by atoms with E-state index < -0.39 is 23.3 Å². The summed E-state index contributed by atoms with van der Waals surface area (Å²) in [7, 11) is 1.52. The lowest BCUT2D eigenvalue weighted by molar-refractivity contribution is -0.158. The van der Waals surface area contributed by atoms with Gasteiger partial charge < -0.3 is 19.5 Å². The number of carbonyl (C=O) groups excluding carboxylic acids is 1. The number of carbonyl (C=O) groups is 1. The number of hydrogen-bond acceptors (Lipinski definition) is 5. The first-order chi connectivity index (χ1) is 14.6. The van der Waals surface area contributed by atoms with Gasteiger partial charge in [-0.25, -0.2) is 4.79 Å². The number of esters is 1. The summed E-state index contributed by atoms with van der Waals surface area (Å²) < 4.78 is 54.1. The lowest BCUT2D eigenvalue weighted by Crippen LogP contribution is -2.39. The van der Waals surface area contributed by atoms with Crippen molar-refractivity contribution in [2.24, 2.45) is 0 Å². The second-order valence-corrected chi connectivity index (χ2v) is 7.44. The van der Waals surface area contributed by atoms with Gasteiger partial charge in [-0.05, 0) is 69.1 Å². The summed E-state index contributed by atoms with van der Waals surface area (Å²) in [5, 5.41) is 3.21. The Morgan fingerprint density at radius 1 is 1.00 bits per heavy atom. The number of hydrogen-bond donors (Lipinski definition) is 1. The van der Waals surface area contributed by atoms with E-state index in [0.717, 1.165) is 23.3 Å². The molecule has 1 N–H and O–H groups in total. The van der Waals surface area contributed by atoms with Crippen LogP contribution in [0.25, 0.3) is 0 Å². The molecule has 0 heterocycles. The average molecular weight is 439 g/mol. The van der Waals surface area contributed by atoms with Crippen LogP contribution >= 0.6 is 0 Å². The monoisotopic (exact) mass is 439 g/mol. The first-order valence-electron chi connectivity index (χ1n) is 9.97. The molecule has 0 aliphatic rings. The van der Waals surface area contributed by atoms with Gasteiger partial charge in [-0.3, -0.25) is 0 Å². The molecule has 0 amide bonds. The SMILES string of the molecule is CCOC(=O)C(C)(C)Oc1ccc(CCNCc2ccc(C(F)(F)F)cc2)cc1OC. The van der Waals surface area contributed by atoms with Crippen LogP contribution in [0.5, 0.6) is 11.5 Å². The third-order valence-electron chi connectivity index (χ3n) is 4.56. The third kappa shape index (κ3) is 7.17. The van der Waals surface area contributed by atoms with E-state index in [1.54, 1.807) is 26.8 Å². The zero-order chi connectivity index (χ0) is 23.1. The molecule has 0 saturated carbocycles. The molecule has 0 aromatic heterocycles. The highest BCUT2D eigenvalue weighted by molar-refractivity contribution is 5.79. The predicted octanol–water partition coefficient (Wildman–Crippen LogP) is 4.77. The van der Waals surface area contributed by atoms with E-state index in [1.807, 2.05) is 12.1 Å². The summed E-state index contributed by atoms with van der Waals surface area (Å²) in [4.78, 5) is 12.0. The largest absolute Gasteiger partial charge is 0.493 e. The summed E-state index contributed by atoms with van der Waals surface area (Å²) in [6, 6.07) is 10.5. The minimum absolute atomic E-state index is 0.265. The van der Waals surface area contributed by atoms with Gasteiger partial charge in [-0.1, -0.05) is 18.2 Å². The normalized spacial score (nSPS) is 11.8. The zero-order valence-corrected chi connectivity index (χ0v) is 18.1. The average Bonchev–Trinajstić information content (AvgIpc) is 2.71. The predicted molar refractivity (Wildman–Crippen MR) is 111 cm³/mol. The zero-order valence-electron chi connectivity index (χ0n) is 18.1. The molecule has 0 aliphatic heterocycles. The number of ether oxygens (including phenoxy) is 3. The molecule has 170 valence electrons. The van der Waals surface area contributed by atoms with Crippen molar-refractivity contribution in [3.05, 3.63) is 59.2 Å². The molecule has 0 aliphatic carbocycles. The van der Waals surface area contributed by atoms with E-state index in [1.165, 1.54) is 19.2 Å². The third-order valence-corrected chi connectivity index (χ3v) is 4.56. The molecule has 0 unspecified atom stereocenters. The van der Waals surface area contributed by atoms with Crippen molar-refractivity contribution in [2.45, 2.75) is 45.5 Å². The minimum atomic E-state index is -4.33. The summed E-state index contributed by atoms with van der Waals surface area (Å²) in [5.74, 6) is 0.466. The van der Waals surface area contributed by atoms with Gasteiger partial charge >= 0.3 is 12.1 Å². The lowest BCUT2D eigenvalue weighted by atomic mass is 10.1. The van der Waals surface area contributed by atoms with Crippen LogP contribution in [0.15, 0.2) is 42.5 Å². The van der Waals surface area contributed by atoms with Crippen LogP contribution in [0.3, 0.4) is 0 Å². The van der Waals surface area contributed by atoms with Crippen molar-refractivity contribution in [1.82, 2.24) is 5.32 Å². The van der Waals surface area contributed by atoms with Crippen molar-refractivity contribution < 1.29 is 32.2 Å². The molecule has 0 spiro atoms. The van der Waals surface area contributed by atoms with Gasteiger partial charge in [-0.2, -0.15) is 13.2 Å². The topological polar surface area (TPSA) is 56.8 Å². The lowest BCUT2D eigenvalue weighted by Gasteiger charge is -2.25. The van der Waals surface area contributed by atoms with Crippen LogP contribution in [-0.2, 0) is 28.7 Å². The van der Waals surface area contributed by atoms with Crippen molar-refractivity contribution in [3.63, 3.8) is 0 Å². The molecule has 0 bridgehead atoms. The fourth-order valence-corrected chi connectivity index (χ4v) is 2.85. The Balaban J connectivity index is 1.91. The number of halogens is 3. The number of nitrogens with one attached hydrogen (secondary N) is 1. The highest BCUT2D eigenvalue weighted by Crippen LogP contribution is 2.32. The quantitative estimate of drug-likeness (QED) is 0.427. The Kier molecular flexibility index (Phi) is 8.33. The highest BCUT2D eigenvalue weighted by atomic mass is 19.4. The van der Waals surface area contributed by atoms with Crippen LogP contribution in [-0.4, -0.2) is 31.8 Å². The molecular formula is C23H28F3NO4. The molecule has 8 heteroatoms. The molecule has 0 radical (unpaired) electrons. The molecule has 5 nitrogen and oxygen atoms in total. The van der Waals surface area contributed by atoms with Gasteiger partial charge in [0.1, 0.15) is 0 Å². The van der Waals surface area contributed by atoms with Gasteiger partial charge in [0.2, 0.25) is 0 Å². The van der Waals surface area contributed by atoms with Crippen LogP contribution in [0, 0.1) is 0 Å². The highest BCUT2D eigenvalue weighted by Gasteiger charge is 2.32. The van der Waals surface area contributed by atoms with E-state index in [9.17, 15) is 18.0 Å². The van der Waals surface area contributed by atoms with E-state index in [2.05, 4.69) is 5.32 Å². The Morgan fingerprint density at radius 2 is 1.65 bits per heavy atom. The smallest absolute Gasteiger partial charge is 0.416 e. The fourth-order valence-electron chi connectivity index (χ4n) is 2.85. The summed E-state index contributed by atoms with van der Waals surface area (Å²) in [5.41, 5.74) is -0.0565. The van der Waals surface area contributed by atoms with Gasteiger partial charge in [0.05, 0.1) is 19.3 Å². The number of benzene rings is 2. The van der Waals surface area contributed by atoms with Crippen LogP contribution in [0.1, 0.15) is 37.5 Å². The molecule has 0 saturated heterocycles. The van der Waals surface area contributed by atoms with Gasteiger partial charge in [0, 0.05) is 6.54 Å². The van der Waals surface area contributed by atoms with Crippen molar-refractivity contribution >= 4 is 5.97 Å². The first-order valence-corrected chi connectivity index (χ1v) is 9.97. The maximum absolute atomic E-state index is 12.6. The number of rotatable bonds is 10. The molecule has 0 fully saturated rings. The molecule has 2 aromatic carbocycles. The van der Waals surface area contributed by atoms with Crippen LogP contribution < -0.4 is 14.8 Å². The maximum Gasteiger partial charge on any atom is 0.416 e. The molecule has 0 atom stereocenters. The molecule has 31 heavy (non-hydrogen) atoms. The standard InChI is InChI=1S/C23H28F3NO4/c1-5-30-21(28)22(2,3)31-19-11-8-16(14-20(19)29-4)12-13-27-15-17-6-9-18(10-7-17)23(24,25)26/h6-11,14,27H,5,12-13,15H2,1-4H3. The summed E-state index contributed by atoms with van der Waals surface area (Å²) in [6.45, 7) is 6.34. The van der Waals surface area contributed by atoms with Crippen LogP contribution in [0.4, 0.5) is 13.2 Å². The Morgan fingerprint density at radius 3 is 2.23 bits per heavy atom. The van der Waals surface area contributed by atoms with Crippen molar-refractivity contribution in [3.8, 4) is 11.5 Å².